The quantitative estimate of drug-likeness (QED) is 0.660. The van der Waals surface area contributed by atoms with Crippen molar-refractivity contribution in [2.75, 3.05) is 0 Å². The van der Waals surface area contributed by atoms with Crippen LogP contribution in [0.25, 0.3) is 0 Å². The zero-order chi connectivity index (χ0) is 7.68. The van der Waals surface area contributed by atoms with Crippen LogP contribution in [0.15, 0.2) is 24.3 Å². The normalized spacial score (nSPS) is 16.5. The number of hydrogen-bond donors (Lipinski definition) is 0. The first-order valence-corrected chi connectivity index (χ1v) is 4.14. The third kappa shape index (κ3) is 1.87. The van der Waals surface area contributed by atoms with E-state index in [0.29, 0.717) is 6.10 Å². The Bertz CT molecular complexity index is 255. The summed E-state index contributed by atoms with van der Waals surface area (Å²) in [5.41, 5.74) is 0. The SMILES string of the molecule is Clc1cccc(OC2CC2)c1. The van der Waals surface area contributed by atoms with Gasteiger partial charge in [0, 0.05) is 5.02 Å². The van der Waals surface area contributed by atoms with E-state index in [4.69, 9.17) is 16.3 Å². The van der Waals surface area contributed by atoms with Crippen LogP contribution in [-0.4, -0.2) is 6.10 Å². The lowest BCUT2D eigenvalue weighted by Crippen LogP contribution is -1.94. The Morgan fingerprint density at radius 2 is 2.18 bits per heavy atom. The maximum Gasteiger partial charge on any atom is 0.121 e. The van der Waals surface area contributed by atoms with Gasteiger partial charge in [-0.3, -0.25) is 0 Å². The van der Waals surface area contributed by atoms with Crippen molar-refractivity contribution in [1.29, 1.82) is 0 Å². The first kappa shape index (κ1) is 6.99. The minimum atomic E-state index is 0.452. The zero-order valence-electron chi connectivity index (χ0n) is 6.09. The molecule has 0 aromatic heterocycles. The predicted molar refractivity (Wildman–Crippen MR) is 45.1 cm³/mol. The van der Waals surface area contributed by atoms with Gasteiger partial charge in [0.1, 0.15) is 5.75 Å². The van der Waals surface area contributed by atoms with Gasteiger partial charge in [-0.25, -0.2) is 0 Å². The molecule has 58 valence electrons. The van der Waals surface area contributed by atoms with E-state index in [2.05, 4.69) is 0 Å². The molecule has 0 radical (unpaired) electrons. The average Bonchev–Trinajstić information content (AvgIpc) is 2.71. The largest absolute Gasteiger partial charge is 0.490 e. The Balaban J connectivity index is 2.10. The second kappa shape index (κ2) is 2.74. The molecule has 0 spiro atoms. The molecule has 0 atom stereocenters. The molecular weight excluding hydrogens is 160 g/mol. The minimum absolute atomic E-state index is 0.452. The van der Waals surface area contributed by atoms with E-state index in [9.17, 15) is 0 Å². The third-order valence-corrected chi connectivity index (χ3v) is 1.86. The van der Waals surface area contributed by atoms with Crippen molar-refractivity contribution in [1.82, 2.24) is 0 Å². The highest BCUT2D eigenvalue weighted by molar-refractivity contribution is 6.30. The second-order valence-electron chi connectivity index (χ2n) is 2.77. The molecule has 0 saturated heterocycles. The van der Waals surface area contributed by atoms with Crippen molar-refractivity contribution in [2.24, 2.45) is 0 Å². The summed E-state index contributed by atoms with van der Waals surface area (Å²) >= 11 is 5.77. The summed E-state index contributed by atoms with van der Waals surface area (Å²) in [5, 5.41) is 0.739. The van der Waals surface area contributed by atoms with E-state index in [1.54, 1.807) is 0 Å². The number of halogens is 1. The molecule has 11 heavy (non-hydrogen) atoms. The molecule has 0 amide bonds. The maximum atomic E-state index is 5.77. The number of rotatable bonds is 2. The molecule has 1 saturated carbocycles. The van der Waals surface area contributed by atoms with Gasteiger partial charge in [-0.1, -0.05) is 17.7 Å². The van der Waals surface area contributed by atoms with Crippen LogP contribution < -0.4 is 4.74 Å². The van der Waals surface area contributed by atoms with Gasteiger partial charge in [0.2, 0.25) is 0 Å². The third-order valence-electron chi connectivity index (χ3n) is 1.62. The fraction of sp³-hybridized carbons (Fsp3) is 0.333. The fourth-order valence-corrected chi connectivity index (χ4v) is 1.10. The van der Waals surface area contributed by atoms with Crippen LogP contribution >= 0.6 is 11.6 Å². The summed E-state index contributed by atoms with van der Waals surface area (Å²) < 4.78 is 5.52. The molecule has 0 aliphatic heterocycles. The van der Waals surface area contributed by atoms with Crippen LogP contribution in [0.3, 0.4) is 0 Å². The first-order chi connectivity index (χ1) is 5.34. The van der Waals surface area contributed by atoms with E-state index in [0.717, 1.165) is 10.8 Å². The van der Waals surface area contributed by atoms with Crippen LogP contribution in [0.1, 0.15) is 12.8 Å². The van der Waals surface area contributed by atoms with Gasteiger partial charge >= 0.3 is 0 Å². The van der Waals surface area contributed by atoms with Crippen molar-refractivity contribution in [2.45, 2.75) is 18.9 Å². The lowest BCUT2D eigenvalue weighted by atomic mass is 10.3. The van der Waals surface area contributed by atoms with Gasteiger partial charge in [0.15, 0.2) is 0 Å². The van der Waals surface area contributed by atoms with Gasteiger partial charge in [-0.2, -0.15) is 0 Å². The first-order valence-electron chi connectivity index (χ1n) is 3.77. The topological polar surface area (TPSA) is 9.23 Å². The Hall–Kier alpha value is -0.690. The molecule has 0 unspecified atom stereocenters. The van der Waals surface area contributed by atoms with E-state index in [1.165, 1.54) is 12.8 Å². The number of hydrogen-bond acceptors (Lipinski definition) is 1. The molecule has 1 aliphatic rings. The molecule has 0 heterocycles. The second-order valence-corrected chi connectivity index (χ2v) is 3.21. The standard InChI is InChI=1S/C9H9ClO/c10-7-2-1-3-9(6-7)11-8-4-5-8/h1-3,6,8H,4-5H2. The molecule has 1 nitrogen and oxygen atoms in total. The summed E-state index contributed by atoms with van der Waals surface area (Å²) in [4.78, 5) is 0. The highest BCUT2D eigenvalue weighted by Crippen LogP contribution is 2.27. The smallest absolute Gasteiger partial charge is 0.121 e. The van der Waals surface area contributed by atoms with E-state index >= 15 is 0 Å². The molecule has 2 heteroatoms. The van der Waals surface area contributed by atoms with Crippen molar-refractivity contribution in [3.8, 4) is 5.75 Å². The lowest BCUT2D eigenvalue weighted by Gasteiger charge is -2.02. The average molecular weight is 169 g/mol. The lowest BCUT2D eigenvalue weighted by molar-refractivity contribution is 0.303. The van der Waals surface area contributed by atoms with Crippen LogP contribution in [-0.2, 0) is 0 Å². The van der Waals surface area contributed by atoms with Crippen LogP contribution in [0, 0.1) is 0 Å². The van der Waals surface area contributed by atoms with E-state index in [1.807, 2.05) is 24.3 Å². The molecule has 0 bridgehead atoms. The van der Waals surface area contributed by atoms with Crippen molar-refractivity contribution in [3.63, 3.8) is 0 Å². The van der Waals surface area contributed by atoms with E-state index < -0.39 is 0 Å². The maximum absolute atomic E-state index is 5.77. The van der Waals surface area contributed by atoms with E-state index in [-0.39, 0.29) is 0 Å². The molecule has 1 aromatic carbocycles. The monoisotopic (exact) mass is 168 g/mol. The van der Waals surface area contributed by atoms with Gasteiger partial charge < -0.3 is 4.74 Å². The predicted octanol–water partition coefficient (Wildman–Crippen LogP) is 2.88. The summed E-state index contributed by atoms with van der Waals surface area (Å²) in [5.74, 6) is 0.889. The Morgan fingerprint density at radius 1 is 1.36 bits per heavy atom. The Labute approximate surface area is 70.9 Å². The van der Waals surface area contributed by atoms with Gasteiger partial charge in [0.25, 0.3) is 0 Å². The van der Waals surface area contributed by atoms with Crippen LogP contribution in [0.2, 0.25) is 5.02 Å². The Morgan fingerprint density at radius 3 is 2.82 bits per heavy atom. The zero-order valence-corrected chi connectivity index (χ0v) is 6.84. The molecule has 1 fully saturated rings. The molecular formula is C9H9ClO. The Kier molecular flexibility index (Phi) is 1.74. The summed E-state index contributed by atoms with van der Waals surface area (Å²) in [6.45, 7) is 0. The highest BCUT2D eigenvalue weighted by atomic mass is 35.5. The molecule has 1 aliphatic carbocycles. The van der Waals surface area contributed by atoms with Crippen molar-refractivity contribution >= 4 is 11.6 Å². The summed E-state index contributed by atoms with van der Waals surface area (Å²) in [6.07, 6.45) is 2.83. The van der Waals surface area contributed by atoms with Crippen molar-refractivity contribution < 1.29 is 4.74 Å². The van der Waals surface area contributed by atoms with Gasteiger partial charge in [-0.15, -0.1) is 0 Å². The highest BCUT2D eigenvalue weighted by Gasteiger charge is 2.23. The van der Waals surface area contributed by atoms with Crippen LogP contribution in [0.4, 0.5) is 0 Å². The fourth-order valence-electron chi connectivity index (χ4n) is 0.919. The van der Waals surface area contributed by atoms with Gasteiger partial charge in [-0.05, 0) is 31.0 Å². The summed E-state index contributed by atoms with van der Waals surface area (Å²) in [6, 6.07) is 7.53. The number of benzene rings is 1. The van der Waals surface area contributed by atoms with Gasteiger partial charge in [0.05, 0.1) is 6.10 Å². The summed E-state index contributed by atoms with van der Waals surface area (Å²) in [7, 11) is 0. The molecule has 1 aromatic rings. The molecule has 2 rings (SSSR count). The van der Waals surface area contributed by atoms with Crippen LogP contribution in [0.5, 0.6) is 5.75 Å². The minimum Gasteiger partial charge on any atom is -0.490 e. The van der Waals surface area contributed by atoms with Crippen molar-refractivity contribution in [3.05, 3.63) is 29.3 Å². The molecule has 0 N–H and O–H groups in total. The number of ether oxygens (including phenoxy) is 1.